The molecular weight excluding hydrogens is 300 g/mol. The van der Waals surface area contributed by atoms with Crippen molar-refractivity contribution in [3.63, 3.8) is 0 Å². The molecule has 1 aliphatic rings. The van der Waals surface area contributed by atoms with Crippen LogP contribution >= 0.6 is 15.9 Å². The molecular formula is C11H17BrN4O2. The Morgan fingerprint density at radius 2 is 2.17 bits per heavy atom. The predicted molar refractivity (Wildman–Crippen MR) is 72.4 cm³/mol. The maximum atomic E-state index is 8.71. The normalized spacial score (nSPS) is 17.1. The van der Waals surface area contributed by atoms with Crippen LogP contribution in [0.25, 0.3) is 0 Å². The van der Waals surface area contributed by atoms with Crippen molar-refractivity contribution in [1.29, 1.82) is 0 Å². The molecule has 2 heterocycles. The van der Waals surface area contributed by atoms with E-state index in [1.807, 2.05) is 0 Å². The minimum atomic E-state index is 0.0749. The summed E-state index contributed by atoms with van der Waals surface area (Å²) in [4.78, 5) is 10.6. The first-order valence-electron chi connectivity index (χ1n) is 5.96. The second-order valence-electron chi connectivity index (χ2n) is 4.20. The Labute approximate surface area is 114 Å². The van der Waals surface area contributed by atoms with E-state index < -0.39 is 0 Å². The number of aliphatic hydroxyl groups excluding tert-OH is 1. The Hall–Kier alpha value is -0.920. The van der Waals surface area contributed by atoms with Gasteiger partial charge in [-0.1, -0.05) is 0 Å². The van der Waals surface area contributed by atoms with Gasteiger partial charge in [0.05, 0.1) is 19.3 Å². The molecule has 1 fully saturated rings. The molecule has 3 N–H and O–H groups in total. The number of nitrogens with zero attached hydrogens (tertiary/aromatic N) is 3. The van der Waals surface area contributed by atoms with Gasteiger partial charge in [0.2, 0.25) is 5.95 Å². The van der Waals surface area contributed by atoms with E-state index in [4.69, 9.17) is 15.6 Å². The summed E-state index contributed by atoms with van der Waals surface area (Å²) < 4.78 is 6.21. The third-order valence-electron chi connectivity index (χ3n) is 2.87. The van der Waals surface area contributed by atoms with Crippen LogP contribution in [0.1, 0.15) is 12.8 Å². The first-order chi connectivity index (χ1) is 8.69. The second-order valence-corrected chi connectivity index (χ2v) is 5.01. The molecule has 0 spiro atoms. The minimum absolute atomic E-state index is 0.0749. The molecule has 0 unspecified atom stereocenters. The maximum Gasteiger partial charge on any atom is 0.228 e. The van der Waals surface area contributed by atoms with Crippen LogP contribution in [0.15, 0.2) is 10.7 Å². The summed E-state index contributed by atoms with van der Waals surface area (Å²) in [5.74, 6) is 1.12. The highest BCUT2D eigenvalue weighted by molar-refractivity contribution is 9.10. The van der Waals surface area contributed by atoms with Gasteiger partial charge in [0, 0.05) is 19.2 Å². The van der Waals surface area contributed by atoms with E-state index in [2.05, 4.69) is 30.8 Å². The SMILES string of the molecule is Nc1cc(Br)nc(N2CCC(OCCO)CC2)n1. The zero-order chi connectivity index (χ0) is 13.0. The molecule has 6 nitrogen and oxygen atoms in total. The highest BCUT2D eigenvalue weighted by Crippen LogP contribution is 2.21. The molecule has 2 rings (SSSR count). The molecule has 100 valence electrons. The number of hydrogen-bond acceptors (Lipinski definition) is 6. The molecule has 0 aliphatic carbocycles. The van der Waals surface area contributed by atoms with Crippen molar-refractivity contribution < 1.29 is 9.84 Å². The molecule has 0 saturated carbocycles. The summed E-state index contributed by atoms with van der Waals surface area (Å²) in [5.41, 5.74) is 5.70. The van der Waals surface area contributed by atoms with Crippen molar-refractivity contribution in [3.05, 3.63) is 10.7 Å². The number of anilines is 2. The number of piperidine rings is 1. The summed E-state index contributed by atoms with van der Waals surface area (Å²) in [5, 5.41) is 8.71. The average Bonchev–Trinajstić information content (AvgIpc) is 2.36. The predicted octanol–water partition coefficient (Wildman–Crippen LogP) is 0.799. The van der Waals surface area contributed by atoms with Crippen molar-refractivity contribution in [3.8, 4) is 0 Å². The summed E-state index contributed by atoms with van der Waals surface area (Å²) in [6, 6.07) is 1.68. The van der Waals surface area contributed by atoms with Gasteiger partial charge in [-0.2, -0.15) is 4.98 Å². The molecule has 1 aromatic heterocycles. The fraction of sp³-hybridized carbons (Fsp3) is 0.636. The lowest BCUT2D eigenvalue weighted by atomic mass is 10.1. The molecule has 0 amide bonds. The Kier molecular flexibility index (Phi) is 4.73. The van der Waals surface area contributed by atoms with E-state index in [9.17, 15) is 0 Å². The number of nitrogens with two attached hydrogens (primary N) is 1. The van der Waals surface area contributed by atoms with Gasteiger partial charge in [-0.3, -0.25) is 0 Å². The summed E-state index contributed by atoms with van der Waals surface area (Å²) in [7, 11) is 0. The smallest absolute Gasteiger partial charge is 0.228 e. The average molecular weight is 317 g/mol. The van der Waals surface area contributed by atoms with Crippen molar-refractivity contribution in [2.45, 2.75) is 18.9 Å². The fourth-order valence-electron chi connectivity index (χ4n) is 2.01. The quantitative estimate of drug-likeness (QED) is 0.799. The summed E-state index contributed by atoms with van der Waals surface area (Å²) in [6.07, 6.45) is 2.05. The van der Waals surface area contributed by atoms with Crippen molar-refractivity contribution in [2.24, 2.45) is 0 Å². The third-order valence-corrected chi connectivity index (χ3v) is 3.28. The molecule has 0 aromatic carbocycles. The number of rotatable bonds is 4. The second kappa shape index (κ2) is 6.31. The molecule has 0 atom stereocenters. The molecule has 0 radical (unpaired) electrons. The number of halogens is 1. The van der Waals surface area contributed by atoms with Crippen LogP contribution in [0, 0.1) is 0 Å². The van der Waals surface area contributed by atoms with Gasteiger partial charge in [-0.05, 0) is 28.8 Å². The molecule has 18 heavy (non-hydrogen) atoms. The highest BCUT2D eigenvalue weighted by Gasteiger charge is 2.21. The zero-order valence-electron chi connectivity index (χ0n) is 10.0. The Bertz CT molecular complexity index is 376. The van der Waals surface area contributed by atoms with Crippen LogP contribution < -0.4 is 10.6 Å². The monoisotopic (exact) mass is 316 g/mol. The standard InChI is InChI=1S/C11H17BrN4O2/c12-9-7-10(13)15-11(14-9)16-3-1-8(2-4-16)18-6-5-17/h7-8,17H,1-6H2,(H2,13,14,15). The third kappa shape index (κ3) is 3.54. The highest BCUT2D eigenvalue weighted by atomic mass is 79.9. The van der Waals surface area contributed by atoms with Crippen molar-refractivity contribution in [1.82, 2.24) is 9.97 Å². The molecule has 7 heteroatoms. The fourth-order valence-corrected chi connectivity index (χ4v) is 2.40. The molecule has 1 aromatic rings. The molecule has 1 saturated heterocycles. The van der Waals surface area contributed by atoms with Gasteiger partial charge in [0.15, 0.2) is 0 Å². The van der Waals surface area contributed by atoms with E-state index in [-0.39, 0.29) is 12.7 Å². The van der Waals surface area contributed by atoms with Gasteiger partial charge in [0.1, 0.15) is 10.4 Å². The Balaban J connectivity index is 1.92. The van der Waals surface area contributed by atoms with Crippen LogP contribution in [-0.2, 0) is 4.74 Å². The first-order valence-corrected chi connectivity index (χ1v) is 6.76. The van der Waals surface area contributed by atoms with Gasteiger partial charge >= 0.3 is 0 Å². The number of nitrogen functional groups attached to an aromatic ring is 1. The number of aliphatic hydroxyl groups is 1. The van der Waals surface area contributed by atoms with Crippen LogP contribution in [0.3, 0.4) is 0 Å². The summed E-state index contributed by atoms with van der Waals surface area (Å²) in [6.45, 7) is 2.16. The first kappa shape index (κ1) is 13.5. The molecule has 0 bridgehead atoms. The van der Waals surface area contributed by atoms with Crippen LogP contribution in [0.4, 0.5) is 11.8 Å². The van der Waals surface area contributed by atoms with Crippen LogP contribution in [0.2, 0.25) is 0 Å². The van der Waals surface area contributed by atoms with Gasteiger partial charge in [0.25, 0.3) is 0 Å². The number of ether oxygens (including phenoxy) is 1. The minimum Gasteiger partial charge on any atom is -0.394 e. The van der Waals surface area contributed by atoms with Gasteiger partial charge in [-0.15, -0.1) is 0 Å². The lowest BCUT2D eigenvalue weighted by Crippen LogP contribution is -2.38. The lowest BCUT2D eigenvalue weighted by molar-refractivity contribution is 0.0157. The van der Waals surface area contributed by atoms with E-state index in [1.165, 1.54) is 0 Å². The lowest BCUT2D eigenvalue weighted by Gasteiger charge is -2.31. The van der Waals surface area contributed by atoms with Crippen LogP contribution in [-0.4, -0.2) is 47.5 Å². The van der Waals surface area contributed by atoms with E-state index >= 15 is 0 Å². The largest absolute Gasteiger partial charge is 0.394 e. The topological polar surface area (TPSA) is 84.5 Å². The Morgan fingerprint density at radius 1 is 1.44 bits per heavy atom. The van der Waals surface area contributed by atoms with E-state index in [0.717, 1.165) is 25.9 Å². The van der Waals surface area contributed by atoms with Gasteiger partial charge in [-0.25, -0.2) is 4.98 Å². The zero-order valence-corrected chi connectivity index (χ0v) is 11.6. The van der Waals surface area contributed by atoms with Crippen molar-refractivity contribution in [2.75, 3.05) is 36.9 Å². The van der Waals surface area contributed by atoms with Gasteiger partial charge < -0.3 is 20.5 Å². The maximum absolute atomic E-state index is 8.71. The number of hydrogen-bond donors (Lipinski definition) is 2. The van der Waals surface area contributed by atoms with E-state index in [0.29, 0.717) is 23.0 Å². The van der Waals surface area contributed by atoms with Crippen molar-refractivity contribution >= 4 is 27.7 Å². The molecule has 1 aliphatic heterocycles. The van der Waals surface area contributed by atoms with E-state index in [1.54, 1.807) is 6.07 Å². The Morgan fingerprint density at radius 3 is 2.78 bits per heavy atom. The van der Waals surface area contributed by atoms with Crippen LogP contribution in [0.5, 0.6) is 0 Å². The summed E-state index contributed by atoms with van der Waals surface area (Å²) >= 11 is 3.32. The number of aromatic nitrogens is 2.